The number of nitrogens with zero attached hydrogens (tertiary/aromatic N) is 3. The molecule has 98 valence electrons. The van der Waals surface area contributed by atoms with Crippen molar-refractivity contribution in [1.29, 1.82) is 0 Å². The molecule has 1 aliphatic rings. The Balaban J connectivity index is 2.02. The molecule has 0 saturated carbocycles. The molecule has 0 bridgehead atoms. The van der Waals surface area contributed by atoms with Crippen LogP contribution in [0.25, 0.3) is 11.0 Å². The highest BCUT2D eigenvalue weighted by Gasteiger charge is 2.19. The van der Waals surface area contributed by atoms with E-state index in [2.05, 4.69) is 20.3 Å². The third-order valence-electron chi connectivity index (χ3n) is 2.92. The third kappa shape index (κ3) is 2.17. The second kappa shape index (κ2) is 4.93. The maximum absolute atomic E-state index is 11.7. The van der Waals surface area contributed by atoms with E-state index in [0.29, 0.717) is 4.91 Å². The van der Waals surface area contributed by atoms with Gasteiger partial charge in [-0.15, -0.1) is 11.8 Å². The lowest BCUT2D eigenvalue weighted by atomic mass is 10.3. The maximum atomic E-state index is 11.7. The van der Waals surface area contributed by atoms with Crippen LogP contribution in [0.2, 0.25) is 0 Å². The largest absolute Gasteiger partial charge is 0.355 e. The van der Waals surface area contributed by atoms with E-state index >= 15 is 0 Å². The zero-order valence-electron chi connectivity index (χ0n) is 10.4. The number of aromatic nitrogens is 3. The molecule has 0 unspecified atom stereocenters. The number of aromatic amines is 1. The first-order valence-corrected chi connectivity index (χ1v) is 6.89. The van der Waals surface area contributed by atoms with Crippen molar-refractivity contribution in [3.63, 3.8) is 0 Å². The molecule has 1 aliphatic heterocycles. The summed E-state index contributed by atoms with van der Waals surface area (Å²) < 4.78 is 0. The fraction of sp³-hybridized carbons (Fsp3) is 0.250. The summed E-state index contributed by atoms with van der Waals surface area (Å²) in [5, 5.41) is 3.61. The Bertz CT molecular complexity index is 650. The molecule has 3 heterocycles. The van der Waals surface area contributed by atoms with Gasteiger partial charge in [-0.2, -0.15) is 0 Å². The van der Waals surface area contributed by atoms with Gasteiger partial charge < -0.3 is 15.2 Å². The van der Waals surface area contributed by atoms with E-state index in [1.165, 1.54) is 6.33 Å². The van der Waals surface area contributed by atoms with Crippen molar-refractivity contribution in [3.05, 3.63) is 29.7 Å². The Kier molecular flexibility index (Phi) is 3.12. The van der Waals surface area contributed by atoms with Crippen LogP contribution in [0.1, 0.15) is 0 Å². The molecule has 0 aromatic carbocycles. The second-order valence-corrected chi connectivity index (χ2v) is 5.19. The number of hydrogen-bond acceptors (Lipinski definition) is 5. The van der Waals surface area contributed by atoms with E-state index in [1.807, 2.05) is 23.4 Å². The zero-order chi connectivity index (χ0) is 13.2. The quantitative estimate of drug-likeness (QED) is 0.858. The summed E-state index contributed by atoms with van der Waals surface area (Å²) in [5.74, 6) is 1.62. The average molecular weight is 275 g/mol. The predicted octanol–water partition coefficient (Wildman–Crippen LogP) is 1.10. The van der Waals surface area contributed by atoms with Crippen molar-refractivity contribution in [2.24, 2.45) is 0 Å². The minimum Gasteiger partial charge on any atom is -0.355 e. The number of H-pyrrole nitrogens is 1. The fourth-order valence-corrected chi connectivity index (χ4v) is 2.94. The van der Waals surface area contributed by atoms with Crippen molar-refractivity contribution in [3.8, 4) is 0 Å². The van der Waals surface area contributed by atoms with Crippen molar-refractivity contribution < 1.29 is 4.79 Å². The number of likely N-dealkylation sites (N-methyl/N-ethyl adjacent to an activating group) is 1. The van der Waals surface area contributed by atoms with Gasteiger partial charge >= 0.3 is 0 Å². The minimum atomic E-state index is -0.0610. The standard InChI is InChI=1S/C12H13N5OS/c1-13-12(18)9-6-17(4-5-19-9)11-8-2-3-14-10(8)15-7-16-11/h2-3,6-7H,4-5H2,1H3,(H,13,18)(H,14,15,16). The summed E-state index contributed by atoms with van der Waals surface area (Å²) >= 11 is 1.56. The number of hydrogen-bond donors (Lipinski definition) is 2. The van der Waals surface area contributed by atoms with E-state index in [0.717, 1.165) is 29.1 Å². The van der Waals surface area contributed by atoms with E-state index < -0.39 is 0 Å². The van der Waals surface area contributed by atoms with Crippen LogP contribution >= 0.6 is 11.8 Å². The molecule has 2 N–H and O–H groups in total. The number of anilines is 1. The molecule has 0 aliphatic carbocycles. The van der Waals surface area contributed by atoms with Crippen LogP contribution in [0.5, 0.6) is 0 Å². The lowest BCUT2D eigenvalue weighted by Crippen LogP contribution is -2.29. The highest BCUT2D eigenvalue weighted by Crippen LogP contribution is 2.28. The summed E-state index contributed by atoms with van der Waals surface area (Å²) in [7, 11) is 1.64. The normalized spacial score (nSPS) is 15.4. The molecule has 6 nitrogen and oxygen atoms in total. The Morgan fingerprint density at radius 1 is 1.53 bits per heavy atom. The Labute approximate surface area is 114 Å². The SMILES string of the molecule is CNC(=O)C1=CN(c2ncnc3[nH]ccc23)CCS1. The summed E-state index contributed by atoms with van der Waals surface area (Å²) in [4.78, 5) is 26.0. The summed E-state index contributed by atoms with van der Waals surface area (Å²) in [6.45, 7) is 0.822. The van der Waals surface area contributed by atoms with Gasteiger partial charge in [0.15, 0.2) is 0 Å². The maximum Gasteiger partial charge on any atom is 0.258 e. The smallest absolute Gasteiger partial charge is 0.258 e. The number of carbonyl (C=O) groups excluding carboxylic acids is 1. The molecule has 3 rings (SSSR count). The Morgan fingerprint density at radius 3 is 3.26 bits per heavy atom. The molecule has 0 spiro atoms. The molecule has 7 heteroatoms. The van der Waals surface area contributed by atoms with Crippen molar-refractivity contribution in [2.45, 2.75) is 0 Å². The molecular weight excluding hydrogens is 262 g/mol. The molecule has 0 fully saturated rings. The van der Waals surface area contributed by atoms with Crippen LogP contribution in [-0.2, 0) is 4.79 Å². The van der Waals surface area contributed by atoms with Crippen LogP contribution in [0, 0.1) is 0 Å². The van der Waals surface area contributed by atoms with Gasteiger partial charge in [-0.1, -0.05) is 0 Å². The number of amides is 1. The second-order valence-electron chi connectivity index (χ2n) is 4.05. The van der Waals surface area contributed by atoms with Crippen LogP contribution in [-0.4, -0.2) is 40.2 Å². The van der Waals surface area contributed by atoms with E-state index in [9.17, 15) is 4.79 Å². The first-order chi connectivity index (χ1) is 9.29. The monoisotopic (exact) mass is 275 g/mol. The number of thioether (sulfide) groups is 1. The molecule has 1 amide bonds. The fourth-order valence-electron chi connectivity index (χ4n) is 2.00. The number of fused-ring (bicyclic) bond motifs is 1. The van der Waals surface area contributed by atoms with Gasteiger partial charge in [0.05, 0.1) is 10.3 Å². The number of rotatable bonds is 2. The zero-order valence-corrected chi connectivity index (χ0v) is 11.2. The van der Waals surface area contributed by atoms with Crippen molar-refractivity contribution >= 4 is 34.5 Å². The van der Waals surface area contributed by atoms with Gasteiger partial charge in [-0.3, -0.25) is 4.79 Å². The molecule has 0 atom stereocenters. The predicted molar refractivity (Wildman–Crippen MR) is 75.8 cm³/mol. The molecular formula is C12H13N5OS. The van der Waals surface area contributed by atoms with Gasteiger partial charge in [0, 0.05) is 31.7 Å². The van der Waals surface area contributed by atoms with Crippen LogP contribution in [0.4, 0.5) is 5.82 Å². The first kappa shape index (κ1) is 12.0. The van der Waals surface area contributed by atoms with Gasteiger partial charge in [0.1, 0.15) is 17.8 Å². The molecule has 0 radical (unpaired) electrons. The lowest BCUT2D eigenvalue weighted by molar-refractivity contribution is -0.116. The Hall–Kier alpha value is -2.02. The first-order valence-electron chi connectivity index (χ1n) is 5.91. The molecule has 2 aromatic heterocycles. The minimum absolute atomic E-state index is 0.0610. The van der Waals surface area contributed by atoms with E-state index in [1.54, 1.807) is 18.8 Å². The molecule has 2 aromatic rings. The highest BCUT2D eigenvalue weighted by atomic mass is 32.2. The van der Waals surface area contributed by atoms with Crippen molar-refractivity contribution in [1.82, 2.24) is 20.3 Å². The summed E-state index contributed by atoms with van der Waals surface area (Å²) in [5.41, 5.74) is 0.804. The van der Waals surface area contributed by atoms with Gasteiger partial charge in [-0.05, 0) is 6.07 Å². The third-order valence-corrected chi connectivity index (χ3v) is 3.91. The van der Waals surface area contributed by atoms with Gasteiger partial charge in [-0.25, -0.2) is 9.97 Å². The molecule has 19 heavy (non-hydrogen) atoms. The van der Waals surface area contributed by atoms with Crippen LogP contribution in [0.3, 0.4) is 0 Å². The topological polar surface area (TPSA) is 73.9 Å². The van der Waals surface area contributed by atoms with E-state index in [4.69, 9.17) is 0 Å². The van der Waals surface area contributed by atoms with E-state index in [-0.39, 0.29) is 5.91 Å². The van der Waals surface area contributed by atoms with Gasteiger partial charge in [0.25, 0.3) is 5.91 Å². The average Bonchev–Trinajstić information content (AvgIpc) is 2.94. The summed E-state index contributed by atoms with van der Waals surface area (Å²) in [6.07, 6.45) is 5.22. The van der Waals surface area contributed by atoms with Crippen molar-refractivity contribution in [2.75, 3.05) is 24.2 Å². The highest BCUT2D eigenvalue weighted by molar-refractivity contribution is 8.04. The summed E-state index contributed by atoms with van der Waals surface area (Å²) in [6, 6.07) is 1.94. The molecule has 0 saturated heterocycles. The van der Waals surface area contributed by atoms with Crippen LogP contribution in [0.15, 0.2) is 29.7 Å². The van der Waals surface area contributed by atoms with Gasteiger partial charge in [0.2, 0.25) is 0 Å². The number of carbonyl (C=O) groups is 1. The Morgan fingerprint density at radius 2 is 2.42 bits per heavy atom. The lowest BCUT2D eigenvalue weighted by Gasteiger charge is -2.25. The van der Waals surface area contributed by atoms with Crippen LogP contribution < -0.4 is 10.2 Å². The number of nitrogens with one attached hydrogen (secondary N) is 2.